The van der Waals surface area contributed by atoms with Gasteiger partial charge in [0.15, 0.2) is 0 Å². The van der Waals surface area contributed by atoms with Gasteiger partial charge >= 0.3 is 0 Å². The average Bonchev–Trinajstić information content (AvgIpc) is 3.37. The molecule has 0 aliphatic rings. The highest BCUT2D eigenvalue weighted by Crippen LogP contribution is 2.16. The molecule has 0 aliphatic heterocycles. The van der Waals surface area contributed by atoms with Crippen LogP contribution in [0.1, 0.15) is 46.2 Å². The molecule has 0 atom stereocenters. The Balaban J connectivity index is 1.45. The Kier molecular flexibility index (Phi) is 12.3. The molecule has 0 radical (unpaired) electrons. The van der Waals surface area contributed by atoms with Gasteiger partial charge in [0.05, 0.1) is 23.1 Å². The molecular weight excluding hydrogens is 476 g/mol. The van der Waals surface area contributed by atoms with Gasteiger partial charge < -0.3 is 14.4 Å². The van der Waals surface area contributed by atoms with Gasteiger partial charge in [-0.05, 0) is 101 Å². The third kappa shape index (κ3) is 11.3. The van der Waals surface area contributed by atoms with E-state index in [1.54, 1.807) is 11.3 Å². The third-order valence-electron chi connectivity index (χ3n) is 5.67. The van der Waals surface area contributed by atoms with Crippen molar-refractivity contribution in [2.45, 2.75) is 26.2 Å². The molecule has 37 heavy (non-hydrogen) atoms. The van der Waals surface area contributed by atoms with E-state index in [2.05, 4.69) is 66.8 Å². The molecule has 1 aromatic heterocycles. The lowest BCUT2D eigenvalue weighted by Gasteiger charge is -2.13. The van der Waals surface area contributed by atoms with E-state index in [1.165, 1.54) is 5.56 Å². The molecule has 5 heteroatoms. The number of nitrogens with zero attached hydrogens (tertiary/aromatic N) is 2. The second-order valence-electron chi connectivity index (χ2n) is 9.20. The van der Waals surface area contributed by atoms with E-state index in [9.17, 15) is 0 Å². The van der Waals surface area contributed by atoms with Crippen LogP contribution in [0.3, 0.4) is 0 Å². The molecule has 1 heterocycles. The van der Waals surface area contributed by atoms with E-state index < -0.39 is 0 Å². The van der Waals surface area contributed by atoms with Crippen LogP contribution >= 0.6 is 11.3 Å². The maximum absolute atomic E-state index is 5.83. The fourth-order valence-corrected chi connectivity index (χ4v) is 4.15. The maximum atomic E-state index is 5.83. The van der Waals surface area contributed by atoms with Crippen molar-refractivity contribution >= 4 is 11.3 Å². The number of ether oxygens (including phenoxy) is 2. The summed E-state index contributed by atoms with van der Waals surface area (Å²) in [7, 11) is 6.15. The zero-order valence-corrected chi connectivity index (χ0v) is 23.4. The third-order valence-corrected chi connectivity index (χ3v) is 6.59. The number of hydrogen-bond donors (Lipinski definition) is 0. The van der Waals surface area contributed by atoms with E-state index >= 15 is 0 Å². The van der Waals surface area contributed by atoms with Crippen LogP contribution in [0, 0.1) is 23.7 Å². The zero-order chi connectivity index (χ0) is 26.3. The molecule has 0 bridgehead atoms. The molecule has 0 unspecified atom stereocenters. The molecule has 0 spiro atoms. The number of thiophene rings is 1. The van der Waals surface area contributed by atoms with Crippen molar-refractivity contribution in [3.63, 3.8) is 0 Å². The van der Waals surface area contributed by atoms with Gasteiger partial charge in [0.2, 0.25) is 0 Å². The van der Waals surface area contributed by atoms with Crippen LogP contribution < -0.4 is 4.74 Å². The Morgan fingerprint density at radius 3 is 1.95 bits per heavy atom. The van der Waals surface area contributed by atoms with Gasteiger partial charge in [-0.25, -0.2) is 0 Å². The molecule has 3 aromatic rings. The largest absolute Gasteiger partial charge is 0.494 e. The van der Waals surface area contributed by atoms with Gasteiger partial charge in [-0.2, -0.15) is 0 Å². The van der Waals surface area contributed by atoms with Crippen molar-refractivity contribution in [3.05, 3.63) is 87.1 Å². The van der Waals surface area contributed by atoms with Crippen LogP contribution in [0.2, 0.25) is 0 Å². The second kappa shape index (κ2) is 15.9. The molecule has 4 nitrogen and oxygen atoms in total. The van der Waals surface area contributed by atoms with Gasteiger partial charge in [-0.15, -0.1) is 11.3 Å². The molecule has 0 fully saturated rings. The minimum Gasteiger partial charge on any atom is -0.494 e. The summed E-state index contributed by atoms with van der Waals surface area (Å²) >= 11 is 1.62. The quantitative estimate of drug-likeness (QED) is 0.175. The highest BCUT2D eigenvalue weighted by atomic mass is 32.1. The molecule has 3 rings (SSSR count). The molecule has 0 aliphatic carbocycles. The van der Waals surface area contributed by atoms with Crippen LogP contribution in [0.5, 0.6) is 5.75 Å². The van der Waals surface area contributed by atoms with E-state index in [0.29, 0.717) is 6.73 Å². The zero-order valence-electron chi connectivity index (χ0n) is 22.5. The van der Waals surface area contributed by atoms with Crippen molar-refractivity contribution in [1.29, 1.82) is 0 Å². The fraction of sp³-hybridized carbons (Fsp3) is 0.375. The lowest BCUT2D eigenvalue weighted by atomic mass is 10.1. The number of benzene rings is 2. The smallest absolute Gasteiger partial charge is 0.119 e. The minimum absolute atomic E-state index is 0.671. The van der Waals surface area contributed by atoms with E-state index in [-0.39, 0.29) is 0 Å². The molecule has 0 saturated heterocycles. The average molecular weight is 515 g/mol. The van der Waals surface area contributed by atoms with Gasteiger partial charge in [0.1, 0.15) is 5.75 Å². The standard InChI is InChI=1S/C32H38N2O2S/c1-5-34(4)23-7-25-36-30-17-13-29(14-18-30)16-20-32-22-21-31(37-32)19-15-28-11-9-27(10-12-28)8-6-24-35-26-33(2)3/h9-14,17-18,21-22H,5-8,23-26H2,1-4H3. The SMILES string of the molecule is CCN(C)CCCOc1ccc(C#Cc2ccc(C#Cc3ccc(CCCOCN(C)C)cc3)s2)cc1. The summed E-state index contributed by atoms with van der Waals surface area (Å²) in [5, 5.41) is 0. The first-order valence-electron chi connectivity index (χ1n) is 12.9. The predicted molar refractivity (Wildman–Crippen MR) is 155 cm³/mol. The van der Waals surface area contributed by atoms with E-state index in [0.717, 1.165) is 72.2 Å². The number of aryl methyl sites for hydroxylation is 1. The number of rotatable bonds is 12. The summed E-state index contributed by atoms with van der Waals surface area (Å²) < 4.78 is 11.4. The Bertz CT molecular complexity index is 1190. The van der Waals surface area contributed by atoms with Crippen molar-refractivity contribution in [3.8, 4) is 29.4 Å². The Morgan fingerprint density at radius 2 is 1.35 bits per heavy atom. The summed E-state index contributed by atoms with van der Waals surface area (Å²) in [6, 6.07) is 20.6. The lowest BCUT2D eigenvalue weighted by Crippen LogP contribution is -2.20. The first-order valence-corrected chi connectivity index (χ1v) is 13.7. The topological polar surface area (TPSA) is 24.9 Å². The molecule has 2 aromatic carbocycles. The highest BCUT2D eigenvalue weighted by Gasteiger charge is 1.99. The first-order chi connectivity index (χ1) is 18.0. The van der Waals surface area contributed by atoms with Crippen LogP contribution in [0.15, 0.2) is 60.7 Å². The van der Waals surface area contributed by atoms with Gasteiger partial charge in [0.25, 0.3) is 0 Å². The lowest BCUT2D eigenvalue weighted by molar-refractivity contribution is 0.0550. The monoisotopic (exact) mass is 514 g/mol. The van der Waals surface area contributed by atoms with E-state index in [4.69, 9.17) is 9.47 Å². The van der Waals surface area contributed by atoms with Crippen molar-refractivity contribution < 1.29 is 9.47 Å². The van der Waals surface area contributed by atoms with Gasteiger partial charge in [0, 0.05) is 24.3 Å². The summed E-state index contributed by atoms with van der Waals surface area (Å²) in [6.07, 6.45) is 3.06. The first kappa shape index (κ1) is 28.5. The molecule has 194 valence electrons. The Labute approximate surface area is 227 Å². The van der Waals surface area contributed by atoms with E-state index in [1.807, 2.05) is 55.4 Å². The van der Waals surface area contributed by atoms with Crippen LogP contribution in [0.25, 0.3) is 0 Å². The van der Waals surface area contributed by atoms with Crippen LogP contribution in [0.4, 0.5) is 0 Å². The van der Waals surface area contributed by atoms with Crippen molar-refractivity contribution in [1.82, 2.24) is 9.80 Å². The summed E-state index contributed by atoms with van der Waals surface area (Å²) in [6.45, 7) is 6.45. The second-order valence-corrected chi connectivity index (χ2v) is 10.3. The van der Waals surface area contributed by atoms with Crippen LogP contribution in [-0.2, 0) is 11.2 Å². The Hall–Kier alpha value is -3.06. The minimum atomic E-state index is 0.671. The predicted octanol–water partition coefficient (Wildman–Crippen LogP) is 5.74. The number of hydrogen-bond acceptors (Lipinski definition) is 5. The summed E-state index contributed by atoms with van der Waals surface area (Å²) in [5.41, 5.74) is 3.31. The normalized spacial score (nSPS) is 10.6. The van der Waals surface area contributed by atoms with Gasteiger partial charge in [-0.1, -0.05) is 42.7 Å². The van der Waals surface area contributed by atoms with Gasteiger partial charge in [-0.3, -0.25) is 4.90 Å². The van der Waals surface area contributed by atoms with Crippen molar-refractivity contribution in [2.24, 2.45) is 0 Å². The molecule has 0 N–H and O–H groups in total. The highest BCUT2D eigenvalue weighted by molar-refractivity contribution is 7.13. The summed E-state index contributed by atoms with van der Waals surface area (Å²) in [4.78, 5) is 6.34. The molecule has 0 amide bonds. The maximum Gasteiger partial charge on any atom is 0.119 e. The van der Waals surface area contributed by atoms with Crippen molar-refractivity contribution in [2.75, 3.05) is 54.2 Å². The molecule has 0 saturated carbocycles. The molecular formula is C32H38N2O2S. The van der Waals surface area contributed by atoms with Crippen LogP contribution in [-0.4, -0.2) is 64.0 Å². The Morgan fingerprint density at radius 1 is 0.730 bits per heavy atom. The summed E-state index contributed by atoms with van der Waals surface area (Å²) in [5.74, 6) is 13.9. The fourth-order valence-electron chi connectivity index (χ4n) is 3.44.